The van der Waals surface area contributed by atoms with Crippen LogP contribution in [0.15, 0.2) is 0 Å². The fraction of sp³-hybridized carbons (Fsp3) is 1.00. The van der Waals surface area contributed by atoms with Gasteiger partial charge in [0.2, 0.25) is 0 Å². The zero-order valence-electron chi connectivity index (χ0n) is 22.9. The quantitative estimate of drug-likeness (QED) is 0.114. The van der Waals surface area contributed by atoms with E-state index in [1.807, 2.05) is 0 Å². The predicted molar refractivity (Wildman–Crippen MR) is 150 cm³/mol. The van der Waals surface area contributed by atoms with Crippen LogP contribution in [0.2, 0.25) is 22.7 Å². The monoisotopic (exact) mass is 472 g/mol. The van der Waals surface area contributed by atoms with Crippen molar-refractivity contribution in [2.24, 2.45) is 0 Å². The van der Waals surface area contributed by atoms with Gasteiger partial charge in [-0.15, -0.1) is 0 Å². The van der Waals surface area contributed by atoms with Crippen molar-refractivity contribution < 1.29 is 4.74 Å². The molecule has 0 aliphatic rings. The lowest BCUT2D eigenvalue weighted by molar-refractivity contribution is 0.0920. The van der Waals surface area contributed by atoms with Crippen molar-refractivity contribution in [1.29, 1.82) is 0 Å². The highest BCUT2D eigenvalue weighted by molar-refractivity contribution is 7.99. The van der Waals surface area contributed by atoms with Gasteiger partial charge in [-0.2, -0.15) is 11.8 Å². The van der Waals surface area contributed by atoms with Gasteiger partial charge in [-0.05, 0) is 26.0 Å². The summed E-state index contributed by atoms with van der Waals surface area (Å²) < 4.78 is 5.58. The lowest BCUT2D eigenvalue weighted by atomic mass is 10.1. The first-order valence-corrected chi connectivity index (χ1v) is 17.5. The Morgan fingerprint density at radius 1 is 0.516 bits per heavy atom. The molecule has 188 valence electrons. The van der Waals surface area contributed by atoms with E-state index < -0.39 is 8.07 Å². The van der Waals surface area contributed by atoms with Crippen LogP contribution in [0.5, 0.6) is 0 Å². The van der Waals surface area contributed by atoms with Gasteiger partial charge in [0.25, 0.3) is 0 Å². The van der Waals surface area contributed by atoms with Crippen molar-refractivity contribution in [2.45, 2.75) is 161 Å². The van der Waals surface area contributed by atoms with Gasteiger partial charge in [0.05, 0.1) is 20.8 Å². The van der Waals surface area contributed by atoms with E-state index in [2.05, 4.69) is 67.2 Å². The Morgan fingerprint density at radius 3 is 1.29 bits per heavy atom. The molecule has 0 fully saturated rings. The molecular formula is C28H60OSSi. The van der Waals surface area contributed by atoms with Gasteiger partial charge in [-0.25, -0.2) is 0 Å². The van der Waals surface area contributed by atoms with E-state index in [0.717, 1.165) is 29.0 Å². The number of ether oxygens (including phenoxy) is 1. The molecule has 3 heteroatoms. The summed E-state index contributed by atoms with van der Waals surface area (Å²) in [5.41, 5.74) is 2.78. The van der Waals surface area contributed by atoms with E-state index >= 15 is 0 Å². The van der Waals surface area contributed by atoms with Crippen LogP contribution < -0.4 is 0 Å². The van der Waals surface area contributed by atoms with Crippen LogP contribution >= 0.6 is 11.8 Å². The highest BCUT2D eigenvalue weighted by Gasteiger charge is 2.41. The molecule has 0 saturated heterocycles. The number of thioether (sulfide) groups is 1. The smallest absolute Gasteiger partial charge is 0.0612 e. The molecule has 0 rings (SSSR count). The molecule has 0 heterocycles. The van der Waals surface area contributed by atoms with Gasteiger partial charge in [-0.3, -0.25) is 0 Å². The van der Waals surface area contributed by atoms with Crippen molar-refractivity contribution in [1.82, 2.24) is 0 Å². The first-order valence-electron chi connectivity index (χ1n) is 13.9. The number of hydrogen-bond donors (Lipinski definition) is 0. The fourth-order valence-electron chi connectivity index (χ4n) is 5.71. The zero-order valence-corrected chi connectivity index (χ0v) is 24.8. The maximum Gasteiger partial charge on any atom is 0.0612 e. The second kappa shape index (κ2) is 19.9. The van der Waals surface area contributed by atoms with Crippen LogP contribution in [0.4, 0.5) is 0 Å². The predicted octanol–water partition coefficient (Wildman–Crippen LogP) is 10.5. The average molecular weight is 473 g/mol. The molecule has 31 heavy (non-hydrogen) atoms. The van der Waals surface area contributed by atoms with E-state index in [0.29, 0.717) is 6.10 Å². The Bertz CT molecular complexity index is 359. The van der Waals surface area contributed by atoms with Gasteiger partial charge in [-0.1, -0.05) is 135 Å². The second-order valence-electron chi connectivity index (χ2n) is 11.1. The van der Waals surface area contributed by atoms with Crippen LogP contribution in [0.3, 0.4) is 0 Å². The number of rotatable bonds is 22. The lowest BCUT2D eigenvalue weighted by Crippen LogP contribution is -2.44. The summed E-state index contributed by atoms with van der Waals surface area (Å²) in [6.45, 7) is 20.2. The van der Waals surface area contributed by atoms with Gasteiger partial charge >= 0.3 is 0 Å². The molecule has 0 aromatic heterocycles. The van der Waals surface area contributed by atoms with E-state index in [1.54, 1.807) is 6.04 Å². The fourth-order valence-corrected chi connectivity index (χ4v) is 13.1. The second-order valence-corrected chi connectivity index (χ2v) is 18.5. The van der Waals surface area contributed by atoms with Crippen LogP contribution in [0, 0.1) is 0 Å². The summed E-state index contributed by atoms with van der Waals surface area (Å²) >= 11 is 2.06. The van der Waals surface area contributed by atoms with E-state index in [9.17, 15) is 0 Å². The van der Waals surface area contributed by atoms with Crippen LogP contribution in [0.1, 0.15) is 132 Å². The van der Waals surface area contributed by atoms with Gasteiger partial charge in [0, 0.05) is 5.75 Å². The topological polar surface area (TPSA) is 9.23 Å². The minimum Gasteiger partial charge on any atom is -0.378 e. The molecule has 0 aromatic rings. The molecular weight excluding hydrogens is 412 g/mol. The summed E-state index contributed by atoms with van der Waals surface area (Å²) in [4.78, 5) is 0. The Kier molecular flexibility index (Phi) is 20.3. The van der Waals surface area contributed by atoms with Crippen molar-refractivity contribution in [3.63, 3.8) is 0 Å². The van der Waals surface area contributed by atoms with E-state index in [1.165, 1.54) is 82.8 Å². The summed E-state index contributed by atoms with van der Waals surface area (Å²) in [5, 5.41) is 0. The van der Waals surface area contributed by atoms with Gasteiger partial charge in [0.1, 0.15) is 0 Å². The molecule has 0 atom stereocenters. The molecule has 0 N–H and O–H groups in total. The summed E-state index contributed by atoms with van der Waals surface area (Å²) in [6.07, 6.45) is 17.8. The molecule has 0 aliphatic heterocycles. The van der Waals surface area contributed by atoms with Crippen molar-refractivity contribution in [3.05, 3.63) is 0 Å². The SMILES string of the molecule is CC(C)OCCSCCCCCCCCCCCCCC[Si](C(C)C)(C(C)C)C(C)C. The van der Waals surface area contributed by atoms with Crippen LogP contribution in [-0.2, 0) is 4.74 Å². The Morgan fingerprint density at radius 2 is 0.903 bits per heavy atom. The Hall–Kier alpha value is 0.527. The zero-order chi connectivity index (χ0) is 23.5. The summed E-state index contributed by atoms with van der Waals surface area (Å²) in [6, 6.07) is 1.56. The van der Waals surface area contributed by atoms with Crippen LogP contribution in [0.25, 0.3) is 0 Å². The third-order valence-electron chi connectivity index (χ3n) is 7.55. The normalized spacial score (nSPS) is 12.8. The van der Waals surface area contributed by atoms with Crippen molar-refractivity contribution >= 4 is 19.8 Å². The largest absolute Gasteiger partial charge is 0.378 e. The van der Waals surface area contributed by atoms with E-state index in [4.69, 9.17) is 4.74 Å². The third-order valence-corrected chi connectivity index (χ3v) is 16.3. The average Bonchev–Trinajstić information content (AvgIpc) is 2.68. The highest BCUT2D eigenvalue weighted by atomic mass is 32.2. The Labute approximate surface area is 203 Å². The molecule has 0 amide bonds. The first kappa shape index (κ1) is 31.5. The molecule has 0 aromatic carbocycles. The van der Waals surface area contributed by atoms with Crippen molar-refractivity contribution in [2.75, 3.05) is 18.1 Å². The molecule has 0 radical (unpaired) electrons. The standard InChI is InChI=1S/C28H60OSSi/c1-25(2)29-21-23-30-22-19-17-15-13-11-9-10-12-14-16-18-20-24-31(26(3)4,27(5)6)28(7)8/h25-28H,9-24H2,1-8H3. The number of unbranched alkanes of at least 4 members (excludes halogenated alkanes) is 11. The molecule has 0 aliphatic carbocycles. The molecule has 0 spiro atoms. The van der Waals surface area contributed by atoms with Crippen molar-refractivity contribution in [3.8, 4) is 0 Å². The number of hydrogen-bond acceptors (Lipinski definition) is 2. The third kappa shape index (κ3) is 15.1. The summed E-state index contributed by atoms with van der Waals surface area (Å²) in [7, 11) is -1.15. The van der Waals surface area contributed by atoms with E-state index in [-0.39, 0.29) is 0 Å². The molecule has 1 nitrogen and oxygen atoms in total. The minimum absolute atomic E-state index is 0.381. The van der Waals surface area contributed by atoms with Gasteiger partial charge < -0.3 is 4.74 Å². The maximum atomic E-state index is 5.58. The molecule has 0 saturated carbocycles. The van der Waals surface area contributed by atoms with Gasteiger partial charge in [0.15, 0.2) is 0 Å². The minimum atomic E-state index is -1.15. The Balaban J connectivity index is 3.47. The maximum absolute atomic E-state index is 5.58. The summed E-state index contributed by atoms with van der Waals surface area (Å²) in [5.74, 6) is 2.48. The molecule has 0 unspecified atom stereocenters. The lowest BCUT2D eigenvalue weighted by Gasteiger charge is -2.43. The highest BCUT2D eigenvalue weighted by Crippen LogP contribution is 2.45. The molecule has 0 bridgehead atoms. The van der Waals surface area contributed by atoms with Crippen LogP contribution in [-0.4, -0.2) is 32.3 Å². The first-order chi connectivity index (χ1) is 14.7.